The fourth-order valence-electron chi connectivity index (χ4n) is 1.57. The second kappa shape index (κ2) is 6.36. The highest BCUT2D eigenvalue weighted by molar-refractivity contribution is 7.11. The van der Waals surface area contributed by atoms with E-state index in [9.17, 15) is 0 Å². The van der Waals surface area contributed by atoms with Crippen LogP contribution in [0.1, 0.15) is 50.2 Å². The van der Waals surface area contributed by atoms with E-state index in [1.807, 2.05) is 11.3 Å². The first-order chi connectivity index (χ1) is 7.52. The molecule has 0 aliphatic rings. The van der Waals surface area contributed by atoms with Gasteiger partial charge in [0.05, 0.1) is 10.7 Å². The number of thiazole rings is 1. The molecule has 92 valence electrons. The van der Waals surface area contributed by atoms with Crippen molar-refractivity contribution < 1.29 is 0 Å². The second-order valence-corrected chi connectivity index (χ2v) is 6.13. The number of hydrogen-bond donors (Lipinski definition) is 1. The van der Waals surface area contributed by atoms with Crippen molar-refractivity contribution in [2.45, 2.75) is 60.0 Å². The lowest BCUT2D eigenvalue weighted by Gasteiger charge is -2.08. The van der Waals surface area contributed by atoms with E-state index in [4.69, 9.17) is 4.98 Å². The maximum atomic E-state index is 4.73. The molecule has 2 nitrogen and oxygen atoms in total. The zero-order valence-corrected chi connectivity index (χ0v) is 11.9. The molecule has 0 unspecified atom stereocenters. The first-order valence-electron chi connectivity index (χ1n) is 6.23. The van der Waals surface area contributed by atoms with Gasteiger partial charge in [-0.15, -0.1) is 11.3 Å². The van der Waals surface area contributed by atoms with Gasteiger partial charge in [-0.3, -0.25) is 0 Å². The second-order valence-electron chi connectivity index (χ2n) is 4.96. The average Bonchev–Trinajstić information content (AvgIpc) is 2.56. The summed E-state index contributed by atoms with van der Waals surface area (Å²) in [7, 11) is 0. The first kappa shape index (κ1) is 13.7. The Balaban J connectivity index is 2.74. The van der Waals surface area contributed by atoms with E-state index in [0.29, 0.717) is 12.0 Å². The van der Waals surface area contributed by atoms with Gasteiger partial charge in [0.2, 0.25) is 0 Å². The largest absolute Gasteiger partial charge is 0.310 e. The predicted octanol–water partition coefficient (Wildman–Crippen LogP) is 3.40. The molecule has 16 heavy (non-hydrogen) atoms. The van der Waals surface area contributed by atoms with Gasteiger partial charge in [0, 0.05) is 17.5 Å². The number of nitrogens with one attached hydrogen (secondary N) is 1. The molecule has 0 aliphatic carbocycles. The van der Waals surface area contributed by atoms with Crippen molar-refractivity contribution in [3.63, 3.8) is 0 Å². The van der Waals surface area contributed by atoms with Gasteiger partial charge in [0.15, 0.2) is 0 Å². The molecule has 0 saturated carbocycles. The fourth-order valence-corrected chi connectivity index (χ4v) is 2.56. The zero-order chi connectivity index (χ0) is 12.1. The molecule has 0 fully saturated rings. The summed E-state index contributed by atoms with van der Waals surface area (Å²) in [5.41, 5.74) is 1.31. The Bertz CT molecular complexity index is 316. The molecule has 0 bridgehead atoms. The van der Waals surface area contributed by atoms with Crippen molar-refractivity contribution in [1.82, 2.24) is 10.3 Å². The number of aryl methyl sites for hydroxylation is 1. The Kier molecular flexibility index (Phi) is 5.42. The van der Waals surface area contributed by atoms with Crippen LogP contribution in [0.4, 0.5) is 0 Å². The minimum atomic E-state index is 0.541. The molecule has 1 aromatic rings. The number of aromatic nitrogens is 1. The smallest absolute Gasteiger partial charge is 0.0928 e. The highest BCUT2D eigenvalue weighted by atomic mass is 32.1. The zero-order valence-electron chi connectivity index (χ0n) is 11.1. The third kappa shape index (κ3) is 4.22. The topological polar surface area (TPSA) is 24.9 Å². The van der Waals surface area contributed by atoms with Crippen LogP contribution in [0.25, 0.3) is 0 Å². The van der Waals surface area contributed by atoms with Crippen LogP contribution < -0.4 is 5.32 Å². The van der Waals surface area contributed by atoms with Crippen LogP contribution in [-0.2, 0) is 19.4 Å². The van der Waals surface area contributed by atoms with E-state index in [1.165, 1.54) is 15.6 Å². The molecule has 1 N–H and O–H groups in total. The Hall–Kier alpha value is -0.410. The van der Waals surface area contributed by atoms with Crippen LogP contribution in [0, 0.1) is 5.92 Å². The van der Waals surface area contributed by atoms with E-state index in [2.05, 4.69) is 39.9 Å². The Morgan fingerprint density at radius 2 is 1.94 bits per heavy atom. The quantitative estimate of drug-likeness (QED) is 0.824. The van der Waals surface area contributed by atoms with Gasteiger partial charge in [-0.05, 0) is 18.8 Å². The lowest BCUT2D eigenvalue weighted by atomic mass is 10.1. The van der Waals surface area contributed by atoms with Gasteiger partial charge in [0.1, 0.15) is 0 Å². The van der Waals surface area contributed by atoms with E-state index in [0.717, 1.165) is 19.4 Å². The lowest BCUT2D eigenvalue weighted by Crippen LogP contribution is -2.22. The Morgan fingerprint density at radius 1 is 1.25 bits per heavy atom. The lowest BCUT2D eigenvalue weighted by molar-refractivity contribution is 0.581. The van der Waals surface area contributed by atoms with Crippen molar-refractivity contribution in [3.8, 4) is 0 Å². The molecule has 0 aromatic carbocycles. The van der Waals surface area contributed by atoms with Crippen molar-refractivity contribution in [1.29, 1.82) is 0 Å². The van der Waals surface area contributed by atoms with E-state index >= 15 is 0 Å². The van der Waals surface area contributed by atoms with Gasteiger partial charge in [-0.1, -0.05) is 34.6 Å². The third-order valence-corrected chi connectivity index (χ3v) is 3.64. The van der Waals surface area contributed by atoms with Gasteiger partial charge in [-0.2, -0.15) is 0 Å². The number of nitrogens with zero attached hydrogens (tertiary/aromatic N) is 1. The molecular weight excluding hydrogens is 216 g/mol. The minimum Gasteiger partial charge on any atom is -0.310 e. The minimum absolute atomic E-state index is 0.541. The van der Waals surface area contributed by atoms with Gasteiger partial charge in [-0.25, -0.2) is 4.98 Å². The monoisotopic (exact) mass is 240 g/mol. The number of rotatable bonds is 6. The third-order valence-electron chi connectivity index (χ3n) is 2.40. The molecule has 1 aromatic heterocycles. The molecule has 3 heteroatoms. The first-order valence-corrected chi connectivity index (χ1v) is 7.05. The standard InChI is InChI=1S/C13H24N2S/c1-6-13-15-11(7-9(2)3)12(16-13)8-14-10(4)5/h9-10,14H,6-8H2,1-5H3. The fraction of sp³-hybridized carbons (Fsp3) is 0.769. The van der Waals surface area contributed by atoms with Crippen molar-refractivity contribution in [2.24, 2.45) is 5.92 Å². The van der Waals surface area contributed by atoms with Crippen LogP contribution in [0.15, 0.2) is 0 Å². The maximum absolute atomic E-state index is 4.73. The summed E-state index contributed by atoms with van der Waals surface area (Å²) >= 11 is 1.87. The van der Waals surface area contributed by atoms with Crippen LogP contribution >= 0.6 is 11.3 Å². The Labute approximate surface area is 103 Å². The predicted molar refractivity (Wildman–Crippen MR) is 72.0 cm³/mol. The summed E-state index contributed by atoms with van der Waals surface area (Å²) in [6.45, 7) is 12.0. The molecule has 0 saturated heterocycles. The molecule has 0 radical (unpaired) electrons. The summed E-state index contributed by atoms with van der Waals surface area (Å²) in [6, 6.07) is 0.541. The van der Waals surface area contributed by atoms with Crippen molar-refractivity contribution >= 4 is 11.3 Å². The summed E-state index contributed by atoms with van der Waals surface area (Å²) in [6.07, 6.45) is 2.16. The normalized spacial score (nSPS) is 11.7. The summed E-state index contributed by atoms with van der Waals surface area (Å²) < 4.78 is 0. The van der Waals surface area contributed by atoms with Gasteiger partial charge >= 0.3 is 0 Å². The van der Waals surface area contributed by atoms with Gasteiger partial charge in [0.25, 0.3) is 0 Å². The maximum Gasteiger partial charge on any atom is 0.0928 e. The van der Waals surface area contributed by atoms with Crippen molar-refractivity contribution in [3.05, 3.63) is 15.6 Å². The van der Waals surface area contributed by atoms with Crippen LogP contribution in [-0.4, -0.2) is 11.0 Å². The summed E-state index contributed by atoms with van der Waals surface area (Å²) in [4.78, 5) is 6.16. The summed E-state index contributed by atoms with van der Waals surface area (Å²) in [5, 5.41) is 4.76. The summed E-state index contributed by atoms with van der Waals surface area (Å²) in [5.74, 6) is 0.685. The molecule has 0 amide bonds. The van der Waals surface area contributed by atoms with Crippen LogP contribution in [0.5, 0.6) is 0 Å². The molecule has 0 atom stereocenters. The van der Waals surface area contributed by atoms with E-state index < -0.39 is 0 Å². The molecule has 1 rings (SSSR count). The molecule has 0 spiro atoms. The Morgan fingerprint density at radius 3 is 2.44 bits per heavy atom. The highest BCUT2D eigenvalue weighted by Crippen LogP contribution is 2.21. The average molecular weight is 240 g/mol. The van der Waals surface area contributed by atoms with E-state index in [-0.39, 0.29) is 0 Å². The molecular formula is C13H24N2S. The van der Waals surface area contributed by atoms with Crippen LogP contribution in [0.3, 0.4) is 0 Å². The van der Waals surface area contributed by atoms with Gasteiger partial charge < -0.3 is 5.32 Å². The van der Waals surface area contributed by atoms with Crippen molar-refractivity contribution in [2.75, 3.05) is 0 Å². The number of hydrogen-bond acceptors (Lipinski definition) is 3. The highest BCUT2D eigenvalue weighted by Gasteiger charge is 2.11. The van der Waals surface area contributed by atoms with E-state index in [1.54, 1.807) is 0 Å². The molecule has 1 heterocycles. The van der Waals surface area contributed by atoms with Crippen LogP contribution in [0.2, 0.25) is 0 Å². The molecule has 0 aliphatic heterocycles. The SMILES string of the molecule is CCc1nc(CC(C)C)c(CNC(C)C)s1.